The summed E-state index contributed by atoms with van der Waals surface area (Å²) in [6.45, 7) is 1.43. The molecule has 0 fully saturated rings. The molecule has 114 valence electrons. The molecule has 0 aromatic carbocycles. The Morgan fingerprint density at radius 3 is 2.00 bits per heavy atom. The van der Waals surface area contributed by atoms with Gasteiger partial charge in [0.25, 0.3) is 0 Å². The van der Waals surface area contributed by atoms with E-state index in [0.717, 1.165) is 0 Å². The molecule has 0 unspecified atom stereocenters. The molecule has 0 aliphatic heterocycles. The zero-order chi connectivity index (χ0) is 15.7. The van der Waals surface area contributed by atoms with Gasteiger partial charge >= 0.3 is 65.1 Å². The minimum atomic E-state index is -1.44. The van der Waals surface area contributed by atoms with Gasteiger partial charge in [-0.15, -0.1) is 0 Å². The van der Waals surface area contributed by atoms with Crippen molar-refractivity contribution in [2.24, 2.45) is 5.92 Å². The number of carboxylic acids is 3. The quantitative estimate of drug-likeness (QED) is 0.280. The zero-order valence-electron chi connectivity index (χ0n) is 13.1. The minimum Gasteiger partial charge on any atom is -0.550 e. The van der Waals surface area contributed by atoms with Crippen LogP contribution in [0.25, 0.3) is 0 Å². The summed E-state index contributed by atoms with van der Waals surface area (Å²) in [5.41, 5.74) is 0. The molecule has 0 aliphatic rings. The fourth-order valence-electron chi connectivity index (χ4n) is 1.67. The van der Waals surface area contributed by atoms with Gasteiger partial charge in [-0.2, -0.15) is 0 Å². The van der Waals surface area contributed by atoms with Crippen molar-refractivity contribution < 1.29 is 93.6 Å². The van der Waals surface area contributed by atoms with E-state index in [-0.39, 0.29) is 84.3 Å². The number of aliphatic carboxylic acids is 3. The number of hydrogen-bond acceptors (Lipinski definition) is 7. The number of carboxylic acid groups (broad SMARTS) is 3. The second-order valence-corrected chi connectivity index (χ2v) is 4.45. The molecular formula is C12H17NNa2O7. The maximum atomic E-state index is 11.1. The number of Topliss-reactive ketones (excluding diaryl/α,β-unsaturated/α-hetero) is 1. The predicted molar refractivity (Wildman–Crippen MR) is 62.1 cm³/mol. The number of ketones is 1. The number of carbonyl (C=O) groups excluding carboxylic acids is 3. The third-order valence-electron chi connectivity index (χ3n) is 2.74. The van der Waals surface area contributed by atoms with E-state index < -0.39 is 42.7 Å². The molecule has 8 nitrogen and oxygen atoms in total. The Morgan fingerprint density at radius 2 is 1.64 bits per heavy atom. The maximum Gasteiger partial charge on any atom is 1.00 e. The molecule has 22 heavy (non-hydrogen) atoms. The van der Waals surface area contributed by atoms with Crippen LogP contribution in [0.4, 0.5) is 0 Å². The Bertz CT molecular complexity index is 354. The summed E-state index contributed by atoms with van der Waals surface area (Å²) in [6, 6.07) is -0.888. The molecule has 0 bridgehead atoms. The van der Waals surface area contributed by atoms with Crippen molar-refractivity contribution in [2.75, 3.05) is 6.54 Å². The molecule has 0 aromatic heterocycles. The van der Waals surface area contributed by atoms with Crippen LogP contribution in [-0.4, -0.2) is 41.4 Å². The zero-order valence-corrected chi connectivity index (χ0v) is 17.1. The molecule has 0 amide bonds. The Kier molecular flexibility index (Phi) is 17.9. The molecule has 0 spiro atoms. The van der Waals surface area contributed by atoms with E-state index in [1.807, 2.05) is 0 Å². The number of carbonyl (C=O) groups is 4. The van der Waals surface area contributed by atoms with Gasteiger partial charge < -0.3 is 30.2 Å². The molecular weight excluding hydrogens is 316 g/mol. The molecule has 2 atom stereocenters. The maximum absolute atomic E-state index is 11.1. The van der Waals surface area contributed by atoms with Gasteiger partial charge in [-0.3, -0.25) is 9.59 Å². The van der Waals surface area contributed by atoms with Gasteiger partial charge in [-0.25, -0.2) is 0 Å². The SMILES string of the molecule is CC(=O)[C@H](CC(=O)[O-])NCCC[C@@H](CC(=O)O)C(=O)[O-].[Na+].[Na+]. The van der Waals surface area contributed by atoms with Gasteiger partial charge in [0.1, 0.15) is 5.78 Å². The summed E-state index contributed by atoms with van der Waals surface area (Å²) in [5.74, 6) is -5.51. The molecule has 0 heterocycles. The third-order valence-corrected chi connectivity index (χ3v) is 2.74. The Labute approximate surface area is 172 Å². The molecule has 0 radical (unpaired) electrons. The smallest absolute Gasteiger partial charge is 0.550 e. The van der Waals surface area contributed by atoms with Crippen LogP contribution in [0.3, 0.4) is 0 Å². The summed E-state index contributed by atoms with van der Waals surface area (Å²) in [4.78, 5) is 42.7. The molecule has 0 saturated carbocycles. The summed E-state index contributed by atoms with van der Waals surface area (Å²) in [7, 11) is 0. The van der Waals surface area contributed by atoms with E-state index in [0.29, 0.717) is 0 Å². The normalized spacial score (nSPS) is 12.2. The van der Waals surface area contributed by atoms with Crippen LogP contribution >= 0.6 is 0 Å². The van der Waals surface area contributed by atoms with Crippen molar-refractivity contribution in [3.63, 3.8) is 0 Å². The molecule has 0 saturated heterocycles. The fourth-order valence-corrected chi connectivity index (χ4v) is 1.67. The monoisotopic (exact) mass is 333 g/mol. The first-order chi connectivity index (χ1) is 9.23. The molecule has 0 rings (SSSR count). The number of nitrogens with one attached hydrogen (secondary N) is 1. The first-order valence-electron chi connectivity index (χ1n) is 6.10. The summed E-state index contributed by atoms with van der Waals surface area (Å²) in [6.07, 6.45) is -0.647. The second kappa shape index (κ2) is 14.6. The summed E-state index contributed by atoms with van der Waals surface area (Å²) >= 11 is 0. The van der Waals surface area contributed by atoms with E-state index in [1.54, 1.807) is 0 Å². The van der Waals surface area contributed by atoms with E-state index in [9.17, 15) is 29.4 Å². The van der Waals surface area contributed by atoms with Crippen molar-refractivity contribution in [3.05, 3.63) is 0 Å². The van der Waals surface area contributed by atoms with Gasteiger partial charge in [0.2, 0.25) is 0 Å². The van der Waals surface area contributed by atoms with E-state index >= 15 is 0 Å². The van der Waals surface area contributed by atoms with Crippen molar-refractivity contribution >= 4 is 23.7 Å². The van der Waals surface area contributed by atoms with Crippen molar-refractivity contribution in [3.8, 4) is 0 Å². The molecule has 2 N–H and O–H groups in total. The molecule has 0 aliphatic carbocycles. The fraction of sp³-hybridized carbons (Fsp3) is 0.667. The average molecular weight is 333 g/mol. The Morgan fingerprint density at radius 1 is 1.09 bits per heavy atom. The van der Waals surface area contributed by atoms with Gasteiger partial charge in [-0.1, -0.05) is 0 Å². The Hall–Kier alpha value is 0.0400. The second-order valence-electron chi connectivity index (χ2n) is 4.45. The topological polar surface area (TPSA) is 147 Å². The van der Waals surface area contributed by atoms with E-state index in [1.165, 1.54) is 6.92 Å². The first-order valence-corrected chi connectivity index (χ1v) is 6.10. The Balaban J connectivity index is -0.00000180. The molecule has 10 heteroatoms. The van der Waals surface area contributed by atoms with Crippen LogP contribution < -0.4 is 74.6 Å². The summed E-state index contributed by atoms with van der Waals surface area (Å²) < 4.78 is 0. The van der Waals surface area contributed by atoms with Crippen LogP contribution in [-0.2, 0) is 19.2 Å². The number of hydrogen-bond donors (Lipinski definition) is 2. The molecule has 0 aromatic rings. The van der Waals surface area contributed by atoms with Crippen LogP contribution in [0.15, 0.2) is 0 Å². The van der Waals surface area contributed by atoms with Crippen LogP contribution in [0.1, 0.15) is 32.6 Å². The average Bonchev–Trinajstić information content (AvgIpc) is 2.29. The number of rotatable bonds is 11. The van der Waals surface area contributed by atoms with Crippen LogP contribution in [0.5, 0.6) is 0 Å². The van der Waals surface area contributed by atoms with Gasteiger partial charge in [0.15, 0.2) is 0 Å². The van der Waals surface area contributed by atoms with Gasteiger partial charge in [0, 0.05) is 24.3 Å². The van der Waals surface area contributed by atoms with E-state index in [2.05, 4.69) is 5.32 Å². The first kappa shape index (κ1) is 26.9. The summed E-state index contributed by atoms with van der Waals surface area (Å²) in [5, 5.41) is 32.3. The standard InChI is InChI=1S/C12H19NO7.2Na/c1-7(14)9(6-11(17)18)13-4-2-3-8(12(19)20)5-10(15)16;;/h8-9,13H,2-6H2,1H3,(H,15,16)(H,17,18)(H,19,20);;/q;2*+1/p-2/t8-,9-;;/m0../s1. The van der Waals surface area contributed by atoms with Crippen molar-refractivity contribution in [1.82, 2.24) is 5.32 Å². The van der Waals surface area contributed by atoms with Crippen molar-refractivity contribution in [1.29, 1.82) is 0 Å². The minimum absolute atomic E-state index is 0. The van der Waals surface area contributed by atoms with Gasteiger partial charge in [0.05, 0.1) is 12.5 Å². The van der Waals surface area contributed by atoms with Crippen LogP contribution in [0.2, 0.25) is 0 Å². The third kappa shape index (κ3) is 13.7. The van der Waals surface area contributed by atoms with Crippen molar-refractivity contribution in [2.45, 2.75) is 38.6 Å². The predicted octanol–water partition coefficient (Wildman–Crippen LogP) is -8.70. The van der Waals surface area contributed by atoms with Crippen LogP contribution in [0, 0.1) is 5.92 Å². The van der Waals surface area contributed by atoms with E-state index in [4.69, 9.17) is 5.11 Å². The largest absolute Gasteiger partial charge is 1.00 e. The van der Waals surface area contributed by atoms with Gasteiger partial charge in [-0.05, 0) is 26.3 Å².